The molecule has 2 saturated carbocycles. The van der Waals surface area contributed by atoms with Crippen LogP contribution in [-0.2, 0) is 19.0 Å². The van der Waals surface area contributed by atoms with E-state index in [2.05, 4.69) is 5.32 Å². The summed E-state index contributed by atoms with van der Waals surface area (Å²) in [6.45, 7) is 0.933. The molecule has 2 fully saturated rings. The summed E-state index contributed by atoms with van der Waals surface area (Å²) in [6, 6.07) is 8.15. The molecule has 2 aliphatic carbocycles. The fourth-order valence-corrected chi connectivity index (χ4v) is 5.49. The molecular formula is C25H31NO6. The third-order valence-corrected chi connectivity index (χ3v) is 7.01. The Bertz CT molecular complexity index is 968. The van der Waals surface area contributed by atoms with Gasteiger partial charge in [-0.25, -0.2) is 0 Å². The molecule has 32 heavy (non-hydrogen) atoms. The molecule has 7 nitrogen and oxygen atoms in total. The fourth-order valence-electron chi connectivity index (χ4n) is 5.49. The van der Waals surface area contributed by atoms with Crippen LogP contribution >= 0.6 is 0 Å². The molecule has 1 aliphatic heterocycles. The maximum absolute atomic E-state index is 13.1. The minimum Gasteiger partial charge on any atom is -0.464 e. The van der Waals surface area contributed by atoms with E-state index in [4.69, 9.17) is 23.7 Å². The van der Waals surface area contributed by atoms with E-state index >= 15 is 0 Å². The predicted molar refractivity (Wildman–Crippen MR) is 118 cm³/mol. The molecule has 0 radical (unpaired) electrons. The van der Waals surface area contributed by atoms with Gasteiger partial charge in [0, 0.05) is 29.3 Å². The third-order valence-electron chi connectivity index (χ3n) is 7.01. The summed E-state index contributed by atoms with van der Waals surface area (Å²) >= 11 is 0. The average Bonchev–Trinajstić information content (AvgIpc) is 3.54. The fraction of sp³-hybridized carbons (Fsp3) is 0.560. The molecule has 3 unspecified atom stereocenters. The largest absolute Gasteiger partial charge is 0.464 e. The minimum atomic E-state index is -0.558. The maximum atomic E-state index is 13.1. The smallest absolute Gasteiger partial charge is 0.286 e. The number of amides is 1. The number of carbonyl (C=O) groups is 1. The Morgan fingerprint density at radius 3 is 2.84 bits per heavy atom. The monoisotopic (exact) mass is 441 g/mol. The average molecular weight is 442 g/mol. The molecule has 2 bridgehead atoms. The molecular weight excluding hydrogens is 410 g/mol. The minimum absolute atomic E-state index is 0.0222. The highest BCUT2D eigenvalue weighted by atomic mass is 16.7. The number of aliphatic hydroxyl groups is 1. The molecule has 172 valence electrons. The van der Waals surface area contributed by atoms with Crippen LogP contribution in [0.1, 0.15) is 43.6 Å². The lowest BCUT2D eigenvalue weighted by molar-refractivity contribution is -0.151. The molecule has 0 saturated heterocycles. The van der Waals surface area contributed by atoms with E-state index in [9.17, 15) is 4.79 Å². The molecule has 3 aliphatic rings. The standard InChI is InChI=1S/C25H31NO6/c27-7-8-29-9-10-30-24-14-18(20-15-31-22-4-2-1-3-19(20)22)13-23(32-24)25(28)26-21-12-16-5-6-17(21)11-16/h1-4,13,15-18,21,24,27H,5-12,14H2,(H,26,28)/t16?,17?,18-,21?,24+/m1/s1. The van der Waals surface area contributed by atoms with Crippen molar-refractivity contribution in [3.8, 4) is 0 Å². The van der Waals surface area contributed by atoms with Crippen molar-refractivity contribution in [3.63, 3.8) is 0 Å². The van der Waals surface area contributed by atoms with E-state index in [1.807, 2.05) is 30.3 Å². The second kappa shape index (κ2) is 9.65. The van der Waals surface area contributed by atoms with Gasteiger partial charge >= 0.3 is 0 Å². The third kappa shape index (κ3) is 4.56. The molecule has 0 spiro atoms. The summed E-state index contributed by atoms with van der Waals surface area (Å²) in [5, 5.41) is 13.1. The number of benzene rings is 1. The first-order valence-corrected chi connectivity index (χ1v) is 11.7. The summed E-state index contributed by atoms with van der Waals surface area (Å²) < 4.78 is 22.9. The molecule has 5 rings (SSSR count). The number of furan rings is 1. The number of para-hydroxylation sites is 1. The van der Waals surface area contributed by atoms with Gasteiger partial charge in [-0.05, 0) is 43.2 Å². The zero-order valence-electron chi connectivity index (χ0n) is 18.2. The van der Waals surface area contributed by atoms with E-state index in [0.717, 1.165) is 28.9 Å². The number of hydrogen-bond acceptors (Lipinski definition) is 6. The van der Waals surface area contributed by atoms with Crippen LogP contribution in [0.2, 0.25) is 0 Å². The van der Waals surface area contributed by atoms with Gasteiger partial charge in [-0.1, -0.05) is 24.6 Å². The molecule has 1 amide bonds. The van der Waals surface area contributed by atoms with Gasteiger partial charge in [-0.3, -0.25) is 4.79 Å². The van der Waals surface area contributed by atoms with E-state index in [-0.39, 0.29) is 31.1 Å². The summed E-state index contributed by atoms with van der Waals surface area (Å²) in [6.07, 6.45) is 8.49. The summed E-state index contributed by atoms with van der Waals surface area (Å²) in [5.74, 6) is 1.45. The Morgan fingerprint density at radius 1 is 1.12 bits per heavy atom. The van der Waals surface area contributed by atoms with Gasteiger partial charge in [0.05, 0.1) is 32.7 Å². The van der Waals surface area contributed by atoms with E-state index < -0.39 is 6.29 Å². The highest BCUT2D eigenvalue weighted by Crippen LogP contribution is 2.44. The van der Waals surface area contributed by atoms with Crippen molar-refractivity contribution in [2.75, 3.05) is 26.4 Å². The van der Waals surface area contributed by atoms with Gasteiger partial charge in [0.1, 0.15) is 5.58 Å². The lowest BCUT2D eigenvalue weighted by Gasteiger charge is -2.30. The second-order valence-electron chi connectivity index (χ2n) is 9.07. The molecule has 1 aromatic carbocycles. The number of allylic oxidation sites excluding steroid dienone is 1. The number of carbonyl (C=O) groups excluding carboxylic acids is 1. The number of fused-ring (bicyclic) bond motifs is 3. The number of aliphatic hydroxyl groups excluding tert-OH is 1. The number of ether oxygens (including phenoxy) is 3. The molecule has 2 heterocycles. The van der Waals surface area contributed by atoms with E-state index in [1.165, 1.54) is 19.3 Å². The van der Waals surface area contributed by atoms with E-state index in [1.54, 1.807) is 6.26 Å². The van der Waals surface area contributed by atoms with Crippen molar-refractivity contribution in [2.45, 2.75) is 50.4 Å². The lowest BCUT2D eigenvalue weighted by atomic mass is 9.92. The quantitative estimate of drug-likeness (QED) is 0.579. The van der Waals surface area contributed by atoms with Crippen LogP contribution in [0.5, 0.6) is 0 Å². The van der Waals surface area contributed by atoms with Gasteiger partial charge < -0.3 is 29.1 Å². The van der Waals surface area contributed by atoms with Crippen LogP contribution < -0.4 is 5.32 Å². The Morgan fingerprint density at radius 2 is 2.03 bits per heavy atom. The summed E-state index contributed by atoms with van der Waals surface area (Å²) in [7, 11) is 0. The summed E-state index contributed by atoms with van der Waals surface area (Å²) in [5.41, 5.74) is 1.85. The van der Waals surface area contributed by atoms with Gasteiger partial charge in [0.15, 0.2) is 5.76 Å². The Hall–Kier alpha value is -2.35. The lowest BCUT2D eigenvalue weighted by Crippen LogP contribution is -2.41. The second-order valence-corrected chi connectivity index (χ2v) is 9.07. The van der Waals surface area contributed by atoms with Gasteiger partial charge in [-0.2, -0.15) is 0 Å². The Balaban J connectivity index is 1.32. The highest BCUT2D eigenvalue weighted by Gasteiger charge is 2.41. The molecule has 7 heteroatoms. The molecule has 2 N–H and O–H groups in total. The molecule has 5 atom stereocenters. The summed E-state index contributed by atoms with van der Waals surface area (Å²) in [4.78, 5) is 13.1. The van der Waals surface area contributed by atoms with Crippen LogP contribution in [0.3, 0.4) is 0 Å². The van der Waals surface area contributed by atoms with Gasteiger partial charge in [0.2, 0.25) is 6.29 Å². The van der Waals surface area contributed by atoms with Crippen LogP contribution in [0, 0.1) is 11.8 Å². The van der Waals surface area contributed by atoms with Gasteiger partial charge in [0.25, 0.3) is 5.91 Å². The maximum Gasteiger partial charge on any atom is 0.286 e. The van der Waals surface area contributed by atoms with Crippen molar-refractivity contribution in [3.05, 3.63) is 47.9 Å². The van der Waals surface area contributed by atoms with Crippen LogP contribution in [0.25, 0.3) is 11.0 Å². The first-order chi connectivity index (χ1) is 15.7. The van der Waals surface area contributed by atoms with Crippen LogP contribution in [0.4, 0.5) is 0 Å². The predicted octanol–water partition coefficient (Wildman–Crippen LogP) is 3.48. The van der Waals surface area contributed by atoms with Crippen LogP contribution in [-0.4, -0.2) is 49.8 Å². The number of hydrogen-bond donors (Lipinski definition) is 2. The van der Waals surface area contributed by atoms with E-state index in [0.29, 0.717) is 31.3 Å². The van der Waals surface area contributed by atoms with Crippen LogP contribution in [0.15, 0.2) is 46.8 Å². The first kappa shape index (κ1) is 21.5. The Kier molecular flexibility index (Phi) is 6.48. The van der Waals surface area contributed by atoms with Crippen molar-refractivity contribution in [1.29, 1.82) is 0 Å². The van der Waals surface area contributed by atoms with Crippen molar-refractivity contribution in [2.24, 2.45) is 11.8 Å². The Labute approximate surface area is 187 Å². The van der Waals surface area contributed by atoms with Crippen molar-refractivity contribution >= 4 is 16.9 Å². The SMILES string of the molecule is O=C(NC1CC2CCC1C2)C1=C[C@@H](c2coc3ccccc23)C[C@@H](OCCOCCO)O1. The van der Waals surface area contributed by atoms with Crippen molar-refractivity contribution in [1.82, 2.24) is 5.32 Å². The number of rotatable bonds is 9. The number of nitrogens with one attached hydrogen (secondary N) is 1. The molecule has 1 aromatic heterocycles. The topological polar surface area (TPSA) is 90.2 Å². The highest BCUT2D eigenvalue weighted by molar-refractivity contribution is 5.92. The zero-order chi connectivity index (χ0) is 21.9. The van der Waals surface area contributed by atoms with Crippen molar-refractivity contribution < 1.29 is 28.5 Å². The zero-order valence-corrected chi connectivity index (χ0v) is 18.2. The molecule has 2 aromatic rings. The normalized spacial score (nSPS) is 29.2. The first-order valence-electron chi connectivity index (χ1n) is 11.7. The van der Waals surface area contributed by atoms with Gasteiger partial charge in [-0.15, -0.1) is 0 Å².